The van der Waals surface area contributed by atoms with Gasteiger partial charge >= 0.3 is 0 Å². The number of amides is 1. The van der Waals surface area contributed by atoms with E-state index in [-0.39, 0.29) is 29.3 Å². The number of benzene rings is 2. The highest BCUT2D eigenvalue weighted by Gasteiger charge is 2.19. The molecule has 0 aliphatic heterocycles. The van der Waals surface area contributed by atoms with E-state index in [4.69, 9.17) is 11.5 Å². The minimum atomic E-state index is -0.723. The second-order valence-corrected chi connectivity index (χ2v) is 8.66. The summed E-state index contributed by atoms with van der Waals surface area (Å²) in [7, 11) is 0. The quantitative estimate of drug-likeness (QED) is 0.170. The van der Waals surface area contributed by atoms with Crippen LogP contribution in [0.1, 0.15) is 35.1 Å². The zero-order valence-corrected chi connectivity index (χ0v) is 18.6. The molecule has 2 atom stereocenters. The molecular formula is C23H27N5O3S. The second-order valence-electron chi connectivity index (χ2n) is 7.63. The molecule has 168 valence electrons. The highest BCUT2D eigenvalue weighted by molar-refractivity contribution is 7.20. The molecule has 0 spiro atoms. The number of nitrogens with zero attached hydrogens (tertiary/aromatic N) is 2. The second kappa shape index (κ2) is 10.8. The van der Waals surface area contributed by atoms with Gasteiger partial charge in [0.05, 0.1) is 16.3 Å². The van der Waals surface area contributed by atoms with Gasteiger partial charge in [-0.05, 0) is 43.0 Å². The van der Waals surface area contributed by atoms with Crippen molar-refractivity contribution in [3.8, 4) is 5.75 Å². The molecule has 0 fully saturated rings. The van der Waals surface area contributed by atoms with Gasteiger partial charge < -0.3 is 16.6 Å². The average molecular weight is 454 g/mol. The molecule has 1 heterocycles. The standard InChI is InChI=1S/C23H27N5O3S/c1-14(20(30)22-27-18-10-9-16(29)13-19(18)32-22)6-5-11-26-23(25)28-21(31)17(24)12-15-7-3-2-4-8-15/h2-4,7-10,13-14,17,29H,5-6,11-12,24H2,1H3,(H3,25,26,28,31)/t14?,17-/m1/s1. The van der Waals surface area contributed by atoms with Gasteiger partial charge in [0.1, 0.15) is 5.75 Å². The highest BCUT2D eigenvalue weighted by atomic mass is 32.1. The number of phenols is 1. The molecular weight excluding hydrogens is 426 g/mol. The van der Waals surface area contributed by atoms with Crippen molar-refractivity contribution in [2.24, 2.45) is 22.4 Å². The number of thiazole rings is 1. The van der Waals surface area contributed by atoms with E-state index < -0.39 is 6.04 Å². The third-order valence-corrected chi connectivity index (χ3v) is 6.03. The third kappa shape index (κ3) is 6.35. The summed E-state index contributed by atoms with van der Waals surface area (Å²) in [6.45, 7) is 2.23. The molecule has 1 amide bonds. The molecule has 1 aromatic heterocycles. The van der Waals surface area contributed by atoms with E-state index in [0.717, 1.165) is 10.3 Å². The van der Waals surface area contributed by atoms with Crippen molar-refractivity contribution in [3.63, 3.8) is 0 Å². The number of fused-ring (bicyclic) bond motifs is 1. The Morgan fingerprint density at radius 1 is 1.22 bits per heavy atom. The normalized spacial score (nSPS) is 13.6. The fourth-order valence-electron chi connectivity index (χ4n) is 3.18. The number of guanidine groups is 1. The largest absolute Gasteiger partial charge is 0.508 e. The SMILES string of the molecule is CC(CCCN=C(N)NC(=O)[C@H](N)Cc1ccccc1)C(=O)c1nc2ccc(O)cc2s1. The molecule has 3 aromatic rings. The maximum Gasteiger partial charge on any atom is 0.243 e. The molecule has 0 saturated heterocycles. The Hall–Kier alpha value is -3.30. The van der Waals surface area contributed by atoms with E-state index in [9.17, 15) is 14.7 Å². The van der Waals surface area contributed by atoms with E-state index in [1.807, 2.05) is 37.3 Å². The zero-order chi connectivity index (χ0) is 23.1. The van der Waals surface area contributed by atoms with Crippen molar-refractivity contribution in [1.82, 2.24) is 10.3 Å². The van der Waals surface area contributed by atoms with E-state index in [1.165, 1.54) is 11.3 Å². The number of carbonyl (C=O) groups excluding carboxylic acids is 2. The molecule has 0 aliphatic carbocycles. The van der Waals surface area contributed by atoms with Crippen LogP contribution in [0.25, 0.3) is 10.2 Å². The summed E-state index contributed by atoms with van der Waals surface area (Å²) in [5.74, 6) is -0.488. The van der Waals surface area contributed by atoms with Crippen molar-refractivity contribution in [2.45, 2.75) is 32.2 Å². The minimum absolute atomic E-state index is 0.0171. The predicted octanol–water partition coefficient (Wildman–Crippen LogP) is 2.60. The number of nitrogens with two attached hydrogens (primary N) is 2. The Balaban J connectivity index is 1.43. The number of aromatic hydroxyl groups is 1. The lowest BCUT2D eigenvalue weighted by atomic mass is 10.0. The van der Waals surface area contributed by atoms with Crippen molar-refractivity contribution < 1.29 is 14.7 Å². The van der Waals surface area contributed by atoms with Gasteiger partial charge in [-0.25, -0.2) is 4.98 Å². The topological polar surface area (TPSA) is 144 Å². The molecule has 0 bridgehead atoms. The Morgan fingerprint density at radius 3 is 2.72 bits per heavy atom. The number of hydrogen-bond acceptors (Lipinski definition) is 7. The fourth-order valence-corrected chi connectivity index (χ4v) is 4.23. The molecule has 0 saturated carbocycles. The number of ketones is 1. The lowest BCUT2D eigenvalue weighted by Crippen LogP contribution is -2.47. The minimum Gasteiger partial charge on any atom is -0.508 e. The number of nitrogens with one attached hydrogen (secondary N) is 1. The number of aromatic nitrogens is 1. The van der Waals surface area contributed by atoms with Crippen LogP contribution in [-0.2, 0) is 11.2 Å². The monoisotopic (exact) mass is 453 g/mol. The van der Waals surface area contributed by atoms with Crippen LogP contribution in [0, 0.1) is 5.92 Å². The van der Waals surface area contributed by atoms with Gasteiger partial charge in [-0.1, -0.05) is 37.3 Å². The van der Waals surface area contributed by atoms with Crippen LogP contribution in [0.4, 0.5) is 0 Å². The van der Waals surface area contributed by atoms with Crippen molar-refractivity contribution >= 4 is 39.2 Å². The average Bonchev–Trinajstić information content (AvgIpc) is 3.19. The Morgan fingerprint density at radius 2 is 1.97 bits per heavy atom. The van der Waals surface area contributed by atoms with Crippen LogP contribution in [0.3, 0.4) is 0 Å². The summed E-state index contributed by atoms with van der Waals surface area (Å²) in [4.78, 5) is 33.3. The van der Waals surface area contributed by atoms with E-state index in [0.29, 0.717) is 36.3 Å². The number of hydrogen-bond donors (Lipinski definition) is 4. The molecule has 32 heavy (non-hydrogen) atoms. The Kier molecular flexibility index (Phi) is 7.91. The van der Waals surface area contributed by atoms with Gasteiger partial charge in [0.2, 0.25) is 5.91 Å². The summed E-state index contributed by atoms with van der Waals surface area (Å²) in [6.07, 6.45) is 1.65. The number of aliphatic imine (C=N–C) groups is 1. The van der Waals surface area contributed by atoms with Gasteiger partial charge in [-0.3, -0.25) is 19.9 Å². The molecule has 9 heteroatoms. The predicted molar refractivity (Wildman–Crippen MR) is 127 cm³/mol. The number of carbonyl (C=O) groups is 2. The smallest absolute Gasteiger partial charge is 0.243 e. The summed E-state index contributed by atoms with van der Waals surface area (Å²) in [5.41, 5.74) is 13.4. The van der Waals surface area contributed by atoms with Gasteiger partial charge in [0, 0.05) is 12.5 Å². The first kappa shape index (κ1) is 23.4. The third-order valence-electron chi connectivity index (χ3n) is 4.99. The van der Waals surface area contributed by atoms with Crippen LogP contribution in [-0.4, -0.2) is 40.3 Å². The molecule has 2 aromatic carbocycles. The number of Topliss-reactive ketones (excluding diaryl/α,β-unsaturated/α-hetero) is 1. The van der Waals surface area contributed by atoms with Crippen LogP contribution in [0.2, 0.25) is 0 Å². The van der Waals surface area contributed by atoms with Crippen LogP contribution < -0.4 is 16.8 Å². The lowest BCUT2D eigenvalue weighted by molar-refractivity contribution is -0.120. The number of rotatable bonds is 9. The van der Waals surface area contributed by atoms with Crippen LogP contribution in [0.15, 0.2) is 53.5 Å². The Labute approximate surface area is 190 Å². The summed E-state index contributed by atoms with van der Waals surface area (Å²) in [5, 5.41) is 12.5. The molecule has 1 unspecified atom stereocenters. The van der Waals surface area contributed by atoms with Gasteiger partial charge in [0.15, 0.2) is 16.8 Å². The molecule has 0 aliphatic rings. The van der Waals surface area contributed by atoms with Crippen molar-refractivity contribution in [3.05, 3.63) is 59.1 Å². The molecule has 6 N–H and O–H groups in total. The maximum atomic E-state index is 12.7. The van der Waals surface area contributed by atoms with Gasteiger partial charge in [-0.15, -0.1) is 11.3 Å². The summed E-state index contributed by atoms with van der Waals surface area (Å²) >= 11 is 1.27. The van der Waals surface area contributed by atoms with Crippen LogP contribution in [0.5, 0.6) is 5.75 Å². The molecule has 3 rings (SSSR count). The van der Waals surface area contributed by atoms with Gasteiger partial charge in [-0.2, -0.15) is 0 Å². The molecule has 0 radical (unpaired) electrons. The van der Waals surface area contributed by atoms with Gasteiger partial charge in [0.25, 0.3) is 0 Å². The van der Waals surface area contributed by atoms with E-state index >= 15 is 0 Å². The van der Waals surface area contributed by atoms with Crippen molar-refractivity contribution in [2.75, 3.05) is 6.54 Å². The van der Waals surface area contributed by atoms with E-state index in [2.05, 4.69) is 15.3 Å². The first-order chi connectivity index (χ1) is 15.3. The summed E-state index contributed by atoms with van der Waals surface area (Å²) in [6, 6.07) is 13.6. The van der Waals surface area contributed by atoms with Crippen molar-refractivity contribution in [1.29, 1.82) is 0 Å². The zero-order valence-electron chi connectivity index (χ0n) is 17.8. The lowest BCUT2D eigenvalue weighted by Gasteiger charge is -2.12. The maximum absolute atomic E-state index is 12.7. The number of phenolic OH excluding ortho intramolecular Hbond substituents is 1. The Bertz CT molecular complexity index is 1110. The fraction of sp³-hybridized carbons (Fsp3) is 0.304. The first-order valence-electron chi connectivity index (χ1n) is 10.4. The van der Waals surface area contributed by atoms with Crippen LogP contribution >= 0.6 is 11.3 Å². The van der Waals surface area contributed by atoms with E-state index in [1.54, 1.807) is 18.2 Å². The first-order valence-corrected chi connectivity index (χ1v) is 11.2. The summed E-state index contributed by atoms with van der Waals surface area (Å²) < 4.78 is 0.777. The molecule has 8 nitrogen and oxygen atoms in total. The highest BCUT2D eigenvalue weighted by Crippen LogP contribution is 2.27.